The van der Waals surface area contributed by atoms with Gasteiger partial charge in [0, 0.05) is 12.6 Å². The van der Waals surface area contributed by atoms with E-state index in [4.69, 9.17) is 0 Å². The van der Waals surface area contributed by atoms with Gasteiger partial charge in [-0.2, -0.15) is 30.6 Å². The van der Waals surface area contributed by atoms with Gasteiger partial charge in [-0.05, 0) is 44.7 Å². The lowest BCUT2D eigenvalue weighted by molar-refractivity contribution is -0.121. The Morgan fingerprint density at radius 1 is 1.20 bits per heavy atom. The fraction of sp³-hybridized carbons (Fsp3) is 1.00. The standard InChI is InChI=1S/C11H20F3N3O2S/c12-11(13,14)8-16-20(18,19)17-7-1-2-10(17)9-3-5-15-6-4-9/h9-10,15-16H,1-8H2. The van der Waals surface area contributed by atoms with Crippen LogP contribution in [0.3, 0.4) is 0 Å². The second kappa shape index (κ2) is 6.17. The molecule has 0 aromatic rings. The topological polar surface area (TPSA) is 61.4 Å². The first-order chi connectivity index (χ1) is 9.30. The fourth-order valence-corrected chi connectivity index (χ4v) is 4.54. The molecule has 0 spiro atoms. The number of halogens is 3. The minimum Gasteiger partial charge on any atom is -0.317 e. The van der Waals surface area contributed by atoms with E-state index in [1.54, 1.807) is 4.72 Å². The molecule has 0 aromatic carbocycles. The van der Waals surface area contributed by atoms with E-state index in [2.05, 4.69) is 5.32 Å². The largest absolute Gasteiger partial charge is 0.402 e. The van der Waals surface area contributed by atoms with Crippen LogP contribution in [-0.4, -0.2) is 51.1 Å². The first kappa shape index (κ1) is 16.0. The monoisotopic (exact) mass is 315 g/mol. The first-order valence-corrected chi connectivity index (χ1v) is 8.27. The Hall–Kier alpha value is -0.380. The molecular formula is C11H20F3N3O2S. The molecule has 0 amide bonds. The molecule has 0 bridgehead atoms. The Labute approximate surface area is 117 Å². The maximum Gasteiger partial charge on any atom is 0.402 e. The molecule has 0 aliphatic carbocycles. The lowest BCUT2D eigenvalue weighted by Crippen LogP contribution is -2.49. The van der Waals surface area contributed by atoms with E-state index in [1.807, 2.05) is 0 Å². The lowest BCUT2D eigenvalue weighted by atomic mass is 9.89. The van der Waals surface area contributed by atoms with Crippen molar-refractivity contribution in [3.05, 3.63) is 0 Å². The molecule has 2 aliphatic heterocycles. The van der Waals surface area contributed by atoms with Crippen LogP contribution in [0.2, 0.25) is 0 Å². The molecule has 2 N–H and O–H groups in total. The number of nitrogens with one attached hydrogen (secondary N) is 2. The number of hydrogen-bond acceptors (Lipinski definition) is 3. The lowest BCUT2D eigenvalue weighted by Gasteiger charge is -2.33. The molecule has 0 aromatic heterocycles. The van der Waals surface area contributed by atoms with E-state index in [0.717, 1.165) is 32.4 Å². The average molecular weight is 315 g/mol. The summed E-state index contributed by atoms with van der Waals surface area (Å²) in [5, 5.41) is 3.20. The zero-order valence-electron chi connectivity index (χ0n) is 11.1. The van der Waals surface area contributed by atoms with Crippen molar-refractivity contribution in [2.75, 3.05) is 26.2 Å². The summed E-state index contributed by atoms with van der Waals surface area (Å²) in [5.41, 5.74) is 0. The highest BCUT2D eigenvalue weighted by molar-refractivity contribution is 7.87. The summed E-state index contributed by atoms with van der Waals surface area (Å²) in [4.78, 5) is 0. The van der Waals surface area contributed by atoms with E-state index in [1.165, 1.54) is 4.31 Å². The predicted octanol–water partition coefficient (Wildman–Crippen LogP) is 0.847. The Morgan fingerprint density at radius 3 is 2.45 bits per heavy atom. The summed E-state index contributed by atoms with van der Waals surface area (Å²) in [6, 6.07) is -0.164. The Morgan fingerprint density at radius 2 is 1.85 bits per heavy atom. The third kappa shape index (κ3) is 4.06. The van der Waals surface area contributed by atoms with Gasteiger partial charge in [-0.25, -0.2) is 0 Å². The van der Waals surface area contributed by atoms with Crippen LogP contribution in [0.15, 0.2) is 0 Å². The van der Waals surface area contributed by atoms with Gasteiger partial charge < -0.3 is 5.32 Å². The van der Waals surface area contributed by atoms with Gasteiger partial charge >= 0.3 is 6.18 Å². The first-order valence-electron chi connectivity index (χ1n) is 6.83. The Bertz CT molecular complexity index is 421. The molecule has 0 saturated carbocycles. The molecule has 2 aliphatic rings. The van der Waals surface area contributed by atoms with Gasteiger partial charge in [-0.1, -0.05) is 0 Å². The molecule has 2 heterocycles. The summed E-state index contributed by atoms with van der Waals surface area (Å²) in [6.45, 7) is 0.475. The van der Waals surface area contributed by atoms with Crippen molar-refractivity contribution in [1.29, 1.82) is 0 Å². The quantitative estimate of drug-likeness (QED) is 0.808. The van der Waals surface area contributed by atoms with Crippen LogP contribution in [0.5, 0.6) is 0 Å². The van der Waals surface area contributed by atoms with Crippen LogP contribution in [0.25, 0.3) is 0 Å². The van der Waals surface area contributed by atoms with Gasteiger partial charge in [-0.3, -0.25) is 0 Å². The number of alkyl halides is 3. The Balaban J connectivity index is 2.01. The van der Waals surface area contributed by atoms with E-state index in [0.29, 0.717) is 13.0 Å². The second-order valence-electron chi connectivity index (χ2n) is 5.35. The summed E-state index contributed by atoms with van der Waals surface area (Å²) in [7, 11) is -4.05. The summed E-state index contributed by atoms with van der Waals surface area (Å²) in [6.07, 6.45) is -1.35. The highest BCUT2D eigenvalue weighted by Crippen LogP contribution is 2.31. The van der Waals surface area contributed by atoms with Crippen molar-refractivity contribution < 1.29 is 21.6 Å². The molecule has 2 saturated heterocycles. The van der Waals surface area contributed by atoms with Crippen molar-refractivity contribution in [2.24, 2.45) is 5.92 Å². The maximum atomic E-state index is 12.2. The second-order valence-corrected chi connectivity index (χ2v) is 7.06. The molecule has 1 atom stereocenters. The van der Waals surface area contributed by atoms with E-state index in [9.17, 15) is 21.6 Å². The number of rotatable bonds is 4. The molecule has 9 heteroatoms. The number of piperidine rings is 1. The third-order valence-corrected chi connectivity index (χ3v) is 5.52. The maximum absolute atomic E-state index is 12.2. The zero-order valence-corrected chi connectivity index (χ0v) is 11.9. The van der Waals surface area contributed by atoms with Crippen LogP contribution in [0.4, 0.5) is 13.2 Å². The molecule has 0 radical (unpaired) electrons. The molecule has 20 heavy (non-hydrogen) atoms. The van der Waals surface area contributed by atoms with Gasteiger partial charge in [0.1, 0.15) is 6.54 Å². The molecule has 118 valence electrons. The molecule has 2 fully saturated rings. The van der Waals surface area contributed by atoms with Crippen molar-refractivity contribution in [3.8, 4) is 0 Å². The number of nitrogens with zero attached hydrogens (tertiary/aromatic N) is 1. The van der Waals surface area contributed by atoms with Crippen molar-refractivity contribution in [3.63, 3.8) is 0 Å². The zero-order chi connectivity index (χ0) is 14.8. The number of hydrogen-bond donors (Lipinski definition) is 2. The highest BCUT2D eigenvalue weighted by atomic mass is 32.2. The van der Waals surface area contributed by atoms with E-state index >= 15 is 0 Å². The summed E-state index contributed by atoms with van der Waals surface area (Å²) in [5.74, 6) is 0.237. The third-order valence-electron chi connectivity index (χ3n) is 3.94. The average Bonchev–Trinajstić information content (AvgIpc) is 2.87. The predicted molar refractivity (Wildman–Crippen MR) is 68.3 cm³/mol. The van der Waals surface area contributed by atoms with E-state index < -0.39 is 22.9 Å². The molecule has 5 nitrogen and oxygen atoms in total. The van der Waals surface area contributed by atoms with Crippen molar-refractivity contribution in [2.45, 2.75) is 37.9 Å². The van der Waals surface area contributed by atoms with Gasteiger partial charge in [0.2, 0.25) is 0 Å². The minimum absolute atomic E-state index is 0.164. The molecule has 1 unspecified atom stereocenters. The minimum atomic E-state index is -4.53. The van der Waals surface area contributed by atoms with E-state index in [-0.39, 0.29) is 12.0 Å². The normalized spacial score (nSPS) is 27.1. The molecular weight excluding hydrogens is 295 g/mol. The van der Waals surface area contributed by atoms with Crippen LogP contribution >= 0.6 is 0 Å². The Kier molecular flexibility index (Phi) is 4.93. The van der Waals surface area contributed by atoms with Gasteiger partial charge in [0.15, 0.2) is 0 Å². The summed E-state index contributed by atoms with van der Waals surface area (Å²) < 4.78 is 63.5. The van der Waals surface area contributed by atoms with Crippen molar-refractivity contribution in [1.82, 2.24) is 14.3 Å². The highest BCUT2D eigenvalue weighted by Gasteiger charge is 2.40. The van der Waals surface area contributed by atoms with Gasteiger partial charge in [-0.15, -0.1) is 0 Å². The van der Waals surface area contributed by atoms with Crippen LogP contribution < -0.4 is 10.0 Å². The van der Waals surface area contributed by atoms with Crippen LogP contribution in [-0.2, 0) is 10.2 Å². The van der Waals surface area contributed by atoms with Gasteiger partial charge in [0.05, 0.1) is 0 Å². The van der Waals surface area contributed by atoms with Crippen LogP contribution in [0, 0.1) is 5.92 Å². The SMILES string of the molecule is O=S(=O)(NCC(F)(F)F)N1CCCC1C1CCNCC1. The fourth-order valence-electron chi connectivity index (χ4n) is 3.02. The molecule has 2 rings (SSSR count). The smallest absolute Gasteiger partial charge is 0.317 e. The summed E-state index contributed by atoms with van der Waals surface area (Å²) >= 11 is 0. The van der Waals surface area contributed by atoms with Crippen LogP contribution in [0.1, 0.15) is 25.7 Å². The van der Waals surface area contributed by atoms with Crippen molar-refractivity contribution >= 4 is 10.2 Å². The van der Waals surface area contributed by atoms with Gasteiger partial charge in [0.25, 0.3) is 10.2 Å².